The highest BCUT2D eigenvalue weighted by Gasteiger charge is 2.33. The maximum atomic E-state index is 11.4. The smallest absolute Gasteiger partial charge is 0.337 e. The molecule has 0 radical (unpaired) electrons. The maximum Gasteiger partial charge on any atom is 0.337 e. The molecule has 0 bridgehead atoms. The number of hydrogen-bond donors (Lipinski definition) is 3. The van der Waals surface area contributed by atoms with E-state index >= 15 is 0 Å². The zero-order chi connectivity index (χ0) is 20.4. The van der Waals surface area contributed by atoms with Crippen molar-refractivity contribution in [2.45, 2.75) is 57.1 Å². The van der Waals surface area contributed by atoms with Crippen molar-refractivity contribution in [1.29, 1.82) is 0 Å². The fourth-order valence-electron chi connectivity index (χ4n) is 5.00. The van der Waals surface area contributed by atoms with Gasteiger partial charge in [0, 0.05) is 12.0 Å². The molecule has 3 atom stereocenters. The predicted molar refractivity (Wildman–Crippen MR) is 114 cm³/mol. The van der Waals surface area contributed by atoms with Gasteiger partial charge in [0.1, 0.15) is 0 Å². The van der Waals surface area contributed by atoms with Crippen molar-refractivity contribution >= 4 is 5.97 Å². The van der Waals surface area contributed by atoms with Crippen LogP contribution in [-0.2, 0) is 11.2 Å². The third-order valence-electron chi connectivity index (χ3n) is 6.44. The maximum absolute atomic E-state index is 11.4. The van der Waals surface area contributed by atoms with Gasteiger partial charge in [-0.1, -0.05) is 65.2 Å². The number of rotatable bonds is 5. The van der Waals surface area contributed by atoms with E-state index in [9.17, 15) is 15.0 Å². The Morgan fingerprint density at radius 1 is 1.10 bits per heavy atom. The number of carbonyl (C=O) groups is 1. The lowest BCUT2D eigenvalue weighted by Crippen LogP contribution is -2.40. The second-order valence-electron chi connectivity index (χ2n) is 8.31. The Labute approximate surface area is 172 Å². The molecule has 152 valence electrons. The highest BCUT2D eigenvalue weighted by molar-refractivity contribution is 5.74. The average Bonchev–Trinajstić information content (AvgIpc) is 2.74. The van der Waals surface area contributed by atoms with E-state index < -0.39 is 12.1 Å². The standard InChI is InChI=1S/C25H29NO3/c1-16-9-11-17(12-10-16)15-23-21-8-4-7-18(20(21)13-14-26-23)19-5-2-3-6-22(19)24(27)25(28)29/h2-3,5-6,9-12,18,23-24,26-27H,4,7-8,13-15H2,1H3,(H,28,29)/t18?,23-,24+/m1/s1. The molecule has 0 saturated heterocycles. The van der Waals surface area contributed by atoms with E-state index in [1.165, 1.54) is 22.3 Å². The van der Waals surface area contributed by atoms with Crippen LogP contribution >= 0.6 is 0 Å². The molecule has 1 unspecified atom stereocenters. The molecular formula is C25H29NO3. The molecule has 2 aliphatic rings. The van der Waals surface area contributed by atoms with Crippen LogP contribution in [0.1, 0.15) is 60.0 Å². The molecule has 0 fully saturated rings. The van der Waals surface area contributed by atoms with E-state index in [0.717, 1.165) is 44.2 Å². The van der Waals surface area contributed by atoms with Crippen LogP contribution in [0.15, 0.2) is 59.7 Å². The summed E-state index contributed by atoms with van der Waals surface area (Å²) in [6.45, 7) is 3.05. The quantitative estimate of drug-likeness (QED) is 0.666. The van der Waals surface area contributed by atoms with Crippen LogP contribution in [0.5, 0.6) is 0 Å². The molecule has 0 saturated carbocycles. The minimum Gasteiger partial charge on any atom is -0.479 e. The Morgan fingerprint density at radius 2 is 1.86 bits per heavy atom. The van der Waals surface area contributed by atoms with Gasteiger partial charge in [-0.15, -0.1) is 0 Å². The first-order valence-electron chi connectivity index (χ1n) is 10.5. The van der Waals surface area contributed by atoms with Crippen LogP contribution < -0.4 is 5.32 Å². The molecule has 2 aromatic carbocycles. The SMILES string of the molecule is Cc1ccc(C[C@H]2NCCC3=C2CCCC3c2ccccc2[C@H](O)C(=O)O)cc1. The summed E-state index contributed by atoms with van der Waals surface area (Å²) in [6, 6.07) is 16.6. The van der Waals surface area contributed by atoms with E-state index in [-0.39, 0.29) is 5.92 Å². The Hall–Kier alpha value is -2.43. The first kappa shape index (κ1) is 19.9. The average molecular weight is 392 g/mol. The van der Waals surface area contributed by atoms with Crippen molar-refractivity contribution in [3.63, 3.8) is 0 Å². The van der Waals surface area contributed by atoms with Crippen molar-refractivity contribution in [2.24, 2.45) is 0 Å². The molecule has 1 aliphatic carbocycles. The van der Waals surface area contributed by atoms with E-state index in [0.29, 0.717) is 11.6 Å². The van der Waals surface area contributed by atoms with Gasteiger partial charge in [-0.25, -0.2) is 4.79 Å². The summed E-state index contributed by atoms with van der Waals surface area (Å²) in [4.78, 5) is 11.4. The number of aliphatic hydroxyl groups is 1. The zero-order valence-corrected chi connectivity index (χ0v) is 16.9. The molecule has 0 aromatic heterocycles. The predicted octanol–water partition coefficient (Wildman–Crippen LogP) is 4.28. The summed E-state index contributed by atoms with van der Waals surface area (Å²) < 4.78 is 0. The van der Waals surface area contributed by atoms with Gasteiger partial charge in [0.2, 0.25) is 0 Å². The highest BCUT2D eigenvalue weighted by Crippen LogP contribution is 2.44. The Bertz CT molecular complexity index is 916. The molecule has 1 heterocycles. The van der Waals surface area contributed by atoms with E-state index in [4.69, 9.17) is 0 Å². The molecule has 29 heavy (non-hydrogen) atoms. The third kappa shape index (κ3) is 4.14. The van der Waals surface area contributed by atoms with Crippen molar-refractivity contribution in [1.82, 2.24) is 5.32 Å². The van der Waals surface area contributed by atoms with Crippen molar-refractivity contribution in [3.8, 4) is 0 Å². The van der Waals surface area contributed by atoms with Gasteiger partial charge < -0.3 is 15.5 Å². The van der Waals surface area contributed by atoms with Crippen LogP contribution in [0.2, 0.25) is 0 Å². The van der Waals surface area contributed by atoms with Crippen molar-refractivity contribution < 1.29 is 15.0 Å². The number of aryl methyl sites for hydroxylation is 1. The van der Waals surface area contributed by atoms with Crippen molar-refractivity contribution in [2.75, 3.05) is 6.54 Å². The summed E-state index contributed by atoms with van der Waals surface area (Å²) in [5.41, 5.74) is 7.07. The minimum absolute atomic E-state index is 0.201. The lowest BCUT2D eigenvalue weighted by atomic mass is 9.72. The van der Waals surface area contributed by atoms with Gasteiger partial charge in [-0.05, 0) is 62.3 Å². The molecule has 3 N–H and O–H groups in total. The first-order chi connectivity index (χ1) is 14.0. The Kier molecular flexibility index (Phi) is 5.84. The van der Waals surface area contributed by atoms with Gasteiger partial charge in [0.25, 0.3) is 0 Å². The van der Waals surface area contributed by atoms with Crippen LogP contribution in [0.25, 0.3) is 0 Å². The second kappa shape index (κ2) is 8.52. The number of aliphatic carboxylic acids is 1. The van der Waals surface area contributed by atoms with Gasteiger partial charge in [0.05, 0.1) is 0 Å². The topological polar surface area (TPSA) is 69.6 Å². The Balaban J connectivity index is 1.67. The summed E-state index contributed by atoms with van der Waals surface area (Å²) in [5, 5.41) is 23.3. The minimum atomic E-state index is -1.47. The van der Waals surface area contributed by atoms with Crippen LogP contribution in [0.3, 0.4) is 0 Å². The molecule has 4 heteroatoms. The van der Waals surface area contributed by atoms with E-state index in [2.05, 4.69) is 36.5 Å². The molecule has 4 rings (SSSR count). The fraction of sp³-hybridized carbons (Fsp3) is 0.400. The van der Waals surface area contributed by atoms with E-state index in [1.807, 2.05) is 18.2 Å². The lowest BCUT2D eigenvalue weighted by Gasteiger charge is -2.38. The monoisotopic (exact) mass is 391 g/mol. The molecule has 0 spiro atoms. The number of carboxylic acids is 1. The van der Waals surface area contributed by atoms with Crippen LogP contribution in [-0.4, -0.2) is 28.8 Å². The van der Waals surface area contributed by atoms with Crippen LogP contribution in [0.4, 0.5) is 0 Å². The number of aliphatic hydroxyl groups excluding tert-OH is 1. The molecular weight excluding hydrogens is 362 g/mol. The highest BCUT2D eigenvalue weighted by atomic mass is 16.4. The molecule has 1 aliphatic heterocycles. The largest absolute Gasteiger partial charge is 0.479 e. The molecule has 4 nitrogen and oxygen atoms in total. The molecule has 2 aromatic rings. The number of hydrogen-bond acceptors (Lipinski definition) is 3. The Morgan fingerprint density at radius 3 is 2.62 bits per heavy atom. The van der Waals surface area contributed by atoms with Crippen molar-refractivity contribution in [3.05, 3.63) is 81.9 Å². The second-order valence-corrected chi connectivity index (χ2v) is 8.31. The number of carboxylic acid groups (broad SMARTS) is 1. The normalized spacial score (nSPS) is 22.8. The van der Waals surface area contributed by atoms with Crippen LogP contribution in [0, 0.1) is 6.92 Å². The van der Waals surface area contributed by atoms with Gasteiger partial charge in [0.15, 0.2) is 6.10 Å². The summed E-state index contributed by atoms with van der Waals surface area (Å²) >= 11 is 0. The summed E-state index contributed by atoms with van der Waals surface area (Å²) in [5.74, 6) is -0.989. The zero-order valence-electron chi connectivity index (χ0n) is 16.9. The number of benzene rings is 2. The van der Waals surface area contributed by atoms with Gasteiger partial charge >= 0.3 is 5.97 Å². The summed E-state index contributed by atoms with van der Waals surface area (Å²) in [7, 11) is 0. The number of nitrogens with one attached hydrogen (secondary N) is 1. The first-order valence-corrected chi connectivity index (χ1v) is 10.5. The third-order valence-corrected chi connectivity index (χ3v) is 6.44. The summed E-state index contributed by atoms with van der Waals surface area (Å²) in [6.07, 6.45) is 3.70. The van der Waals surface area contributed by atoms with Gasteiger partial charge in [-0.3, -0.25) is 0 Å². The fourth-order valence-corrected chi connectivity index (χ4v) is 5.00. The van der Waals surface area contributed by atoms with Gasteiger partial charge in [-0.2, -0.15) is 0 Å². The van der Waals surface area contributed by atoms with E-state index in [1.54, 1.807) is 6.07 Å². The molecule has 0 amide bonds. The lowest BCUT2D eigenvalue weighted by molar-refractivity contribution is -0.147.